The highest BCUT2D eigenvalue weighted by atomic mass is 16.5. The van der Waals surface area contributed by atoms with Gasteiger partial charge < -0.3 is 20.1 Å². The van der Waals surface area contributed by atoms with Gasteiger partial charge in [0.15, 0.2) is 5.96 Å². The van der Waals surface area contributed by atoms with Gasteiger partial charge in [-0.15, -0.1) is 0 Å². The molecule has 5 heteroatoms. The molecule has 1 fully saturated rings. The van der Waals surface area contributed by atoms with Gasteiger partial charge >= 0.3 is 0 Å². The lowest BCUT2D eigenvalue weighted by Gasteiger charge is -2.27. The monoisotopic (exact) mass is 361 g/mol. The summed E-state index contributed by atoms with van der Waals surface area (Å²) in [6, 6.07) is 10.3. The number of guanidine groups is 1. The summed E-state index contributed by atoms with van der Waals surface area (Å²) in [4.78, 5) is 4.86. The maximum absolute atomic E-state index is 5.74. The fourth-order valence-corrected chi connectivity index (χ4v) is 3.53. The largest absolute Gasteiger partial charge is 0.385 e. The molecule has 0 radical (unpaired) electrons. The molecular formula is C21H35N3O2. The van der Waals surface area contributed by atoms with E-state index in [2.05, 4.69) is 29.7 Å². The molecule has 146 valence electrons. The van der Waals surface area contributed by atoms with Crippen molar-refractivity contribution in [3.05, 3.63) is 35.9 Å². The van der Waals surface area contributed by atoms with Gasteiger partial charge in [0, 0.05) is 33.4 Å². The number of rotatable bonds is 11. The van der Waals surface area contributed by atoms with Gasteiger partial charge in [-0.1, -0.05) is 43.2 Å². The molecule has 1 aromatic carbocycles. The summed E-state index contributed by atoms with van der Waals surface area (Å²) in [6.07, 6.45) is 6.26. The Balaban J connectivity index is 1.74. The average molecular weight is 362 g/mol. The summed E-state index contributed by atoms with van der Waals surface area (Å²) in [6.45, 7) is 6.72. The quantitative estimate of drug-likeness (QED) is 0.360. The number of nitrogens with one attached hydrogen (secondary N) is 2. The lowest BCUT2D eigenvalue weighted by molar-refractivity contribution is 0.125. The minimum atomic E-state index is 0.322. The van der Waals surface area contributed by atoms with Crippen LogP contribution in [-0.2, 0) is 16.1 Å². The summed E-state index contributed by atoms with van der Waals surface area (Å²) >= 11 is 0. The molecule has 1 saturated carbocycles. The van der Waals surface area contributed by atoms with Crippen LogP contribution in [0.4, 0.5) is 0 Å². The molecule has 0 aromatic heterocycles. The Morgan fingerprint density at radius 3 is 2.58 bits per heavy atom. The van der Waals surface area contributed by atoms with Crippen LogP contribution in [0.25, 0.3) is 0 Å². The lowest BCUT2D eigenvalue weighted by Crippen LogP contribution is -2.40. The Morgan fingerprint density at radius 1 is 1.12 bits per heavy atom. The summed E-state index contributed by atoms with van der Waals surface area (Å²) in [5.74, 6) is 0.888. The van der Waals surface area contributed by atoms with E-state index in [9.17, 15) is 0 Å². The van der Waals surface area contributed by atoms with Crippen molar-refractivity contribution in [2.75, 3.05) is 40.0 Å². The molecule has 1 aliphatic carbocycles. The molecule has 0 atom stereocenters. The van der Waals surface area contributed by atoms with Crippen LogP contribution in [-0.4, -0.2) is 45.9 Å². The van der Waals surface area contributed by atoms with Crippen LogP contribution in [0.5, 0.6) is 0 Å². The third-order valence-corrected chi connectivity index (χ3v) is 5.07. The van der Waals surface area contributed by atoms with Crippen molar-refractivity contribution >= 4 is 5.96 Å². The SMILES string of the molecule is CCNC(=NCC1(CCOC)CCCC1)NCCOCc1ccccc1. The number of hydrogen-bond acceptors (Lipinski definition) is 3. The van der Waals surface area contributed by atoms with Crippen molar-refractivity contribution in [3.63, 3.8) is 0 Å². The van der Waals surface area contributed by atoms with Gasteiger partial charge in [0.1, 0.15) is 0 Å². The zero-order valence-corrected chi connectivity index (χ0v) is 16.4. The Labute approximate surface area is 158 Å². The highest BCUT2D eigenvalue weighted by Crippen LogP contribution is 2.41. The van der Waals surface area contributed by atoms with Crippen LogP contribution in [0.1, 0.15) is 44.6 Å². The number of aliphatic imine (C=N–C) groups is 1. The third-order valence-electron chi connectivity index (χ3n) is 5.07. The van der Waals surface area contributed by atoms with Gasteiger partial charge in [0.25, 0.3) is 0 Å². The molecule has 0 bridgehead atoms. The fraction of sp³-hybridized carbons (Fsp3) is 0.667. The number of benzene rings is 1. The fourth-order valence-electron chi connectivity index (χ4n) is 3.53. The van der Waals surface area contributed by atoms with E-state index in [0.717, 1.165) is 38.6 Å². The van der Waals surface area contributed by atoms with E-state index in [1.54, 1.807) is 7.11 Å². The second kappa shape index (κ2) is 11.9. The smallest absolute Gasteiger partial charge is 0.191 e. The standard InChI is InChI=1S/C21H35N3O2/c1-3-22-20(23-14-16-26-17-19-9-5-4-6-10-19)24-18-21(13-15-25-2)11-7-8-12-21/h4-6,9-10H,3,7-8,11-18H2,1-2H3,(H2,22,23,24). The maximum atomic E-state index is 5.74. The van der Waals surface area contributed by atoms with E-state index < -0.39 is 0 Å². The second-order valence-corrected chi connectivity index (χ2v) is 7.11. The molecule has 0 amide bonds. The molecule has 0 aliphatic heterocycles. The van der Waals surface area contributed by atoms with Gasteiger partial charge in [-0.2, -0.15) is 0 Å². The molecule has 26 heavy (non-hydrogen) atoms. The first-order valence-corrected chi connectivity index (χ1v) is 9.91. The molecule has 1 aliphatic rings. The third kappa shape index (κ3) is 7.34. The van der Waals surface area contributed by atoms with Crippen molar-refractivity contribution in [1.29, 1.82) is 0 Å². The average Bonchev–Trinajstić information content (AvgIpc) is 3.14. The minimum Gasteiger partial charge on any atom is -0.385 e. The molecule has 0 heterocycles. The van der Waals surface area contributed by atoms with Gasteiger partial charge in [0.2, 0.25) is 0 Å². The zero-order chi connectivity index (χ0) is 18.5. The van der Waals surface area contributed by atoms with E-state index >= 15 is 0 Å². The number of hydrogen-bond donors (Lipinski definition) is 2. The van der Waals surface area contributed by atoms with Crippen molar-refractivity contribution in [2.45, 2.75) is 45.6 Å². The van der Waals surface area contributed by atoms with Crippen LogP contribution in [0.3, 0.4) is 0 Å². The summed E-state index contributed by atoms with van der Waals surface area (Å²) in [5, 5.41) is 6.73. The summed E-state index contributed by atoms with van der Waals surface area (Å²) in [7, 11) is 1.78. The first-order valence-electron chi connectivity index (χ1n) is 9.91. The first-order chi connectivity index (χ1) is 12.8. The molecule has 2 N–H and O–H groups in total. The van der Waals surface area contributed by atoms with Gasteiger partial charge in [-0.25, -0.2) is 0 Å². The second-order valence-electron chi connectivity index (χ2n) is 7.11. The van der Waals surface area contributed by atoms with Gasteiger partial charge in [-0.3, -0.25) is 4.99 Å². The molecule has 2 rings (SSSR count). The van der Waals surface area contributed by atoms with Crippen LogP contribution < -0.4 is 10.6 Å². The highest BCUT2D eigenvalue weighted by Gasteiger charge is 2.33. The van der Waals surface area contributed by atoms with Crippen LogP contribution in [0, 0.1) is 5.41 Å². The molecular weight excluding hydrogens is 326 g/mol. The van der Waals surface area contributed by atoms with E-state index in [-0.39, 0.29) is 0 Å². The predicted molar refractivity (Wildman–Crippen MR) is 107 cm³/mol. The highest BCUT2D eigenvalue weighted by molar-refractivity contribution is 5.79. The number of nitrogens with zero attached hydrogens (tertiary/aromatic N) is 1. The van der Waals surface area contributed by atoms with E-state index in [1.165, 1.54) is 31.2 Å². The molecule has 0 saturated heterocycles. The summed E-state index contributed by atoms with van der Waals surface area (Å²) in [5.41, 5.74) is 1.52. The molecule has 0 unspecified atom stereocenters. The minimum absolute atomic E-state index is 0.322. The predicted octanol–water partition coefficient (Wildman–Crippen LogP) is 3.36. The summed E-state index contributed by atoms with van der Waals surface area (Å²) < 4.78 is 11.1. The van der Waals surface area contributed by atoms with Crippen LogP contribution in [0.2, 0.25) is 0 Å². The van der Waals surface area contributed by atoms with Crippen LogP contribution in [0.15, 0.2) is 35.3 Å². The van der Waals surface area contributed by atoms with Crippen LogP contribution >= 0.6 is 0 Å². The van der Waals surface area contributed by atoms with E-state index in [4.69, 9.17) is 14.5 Å². The zero-order valence-electron chi connectivity index (χ0n) is 16.4. The number of methoxy groups -OCH3 is 1. The first kappa shape index (κ1) is 20.7. The molecule has 1 aromatic rings. The van der Waals surface area contributed by atoms with Crippen molar-refractivity contribution in [1.82, 2.24) is 10.6 Å². The van der Waals surface area contributed by atoms with E-state index in [0.29, 0.717) is 18.6 Å². The van der Waals surface area contributed by atoms with Gasteiger partial charge in [-0.05, 0) is 37.2 Å². The van der Waals surface area contributed by atoms with Crippen molar-refractivity contribution in [2.24, 2.45) is 10.4 Å². The lowest BCUT2D eigenvalue weighted by atomic mass is 9.83. The molecule has 0 spiro atoms. The van der Waals surface area contributed by atoms with Crippen molar-refractivity contribution < 1.29 is 9.47 Å². The Bertz CT molecular complexity index is 513. The Hall–Kier alpha value is -1.59. The van der Waals surface area contributed by atoms with Crippen molar-refractivity contribution in [3.8, 4) is 0 Å². The van der Waals surface area contributed by atoms with E-state index in [1.807, 2.05) is 18.2 Å². The number of ether oxygens (including phenoxy) is 2. The van der Waals surface area contributed by atoms with Gasteiger partial charge in [0.05, 0.1) is 13.2 Å². The topological polar surface area (TPSA) is 54.9 Å². The Kier molecular flexibility index (Phi) is 9.50. The molecule has 5 nitrogen and oxygen atoms in total. The maximum Gasteiger partial charge on any atom is 0.191 e. The normalized spacial score (nSPS) is 16.6. The Morgan fingerprint density at radius 2 is 1.88 bits per heavy atom.